The lowest BCUT2D eigenvalue weighted by atomic mass is 10.1. The van der Waals surface area contributed by atoms with Gasteiger partial charge in [-0.2, -0.15) is 0 Å². The number of nitrogens with one attached hydrogen (secondary N) is 2. The van der Waals surface area contributed by atoms with Crippen LogP contribution in [0.3, 0.4) is 0 Å². The molecule has 2 N–H and O–H groups in total. The Balaban J connectivity index is 1.55. The van der Waals surface area contributed by atoms with Crippen LogP contribution >= 0.6 is 34.5 Å². The fourth-order valence-corrected chi connectivity index (χ4v) is 4.30. The van der Waals surface area contributed by atoms with E-state index in [1.165, 1.54) is 40.5 Å². The maximum absolute atomic E-state index is 13.0. The Morgan fingerprint density at radius 2 is 1.78 bits per heavy atom. The molecular weight excluding hydrogens is 526 g/mol. The van der Waals surface area contributed by atoms with Crippen molar-refractivity contribution < 1.29 is 18.8 Å². The molecule has 1 aromatic heterocycles. The number of nitrogens with zero attached hydrogens (tertiary/aromatic N) is 2. The normalized spacial score (nSPS) is 10.8. The molecule has 0 radical (unpaired) electrons. The molecule has 0 aliphatic rings. The minimum Gasteiger partial charge on any atom is -0.352 e. The van der Waals surface area contributed by atoms with Gasteiger partial charge < -0.3 is 15.5 Å². The van der Waals surface area contributed by atoms with Gasteiger partial charge in [0.15, 0.2) is 5.13 Å². The van der Waals surface area contributed by atoms with Gasteiger partial charge in [0.05, 0.1) is 22.2 Å². The maximum atomic E-state index is 13.0. The van der Waals surface area contributed by atoms with Crippen molar-refractivity contribution in [3.63, 3.8) is 0 Å². The lowest BCUT2D eigenvalue weighted by molar-refractivity contribution is -0.120. The number of halogens is 3. The highest BCUT2D eigenvalue weighted by atomic mass is 35.5. The van der Waals surface area contributed by atoms with Gasteiger partial charge in [-0.15, -0.1) is 11.3 Å². The number of anilines is 1. The van der Waals surface area contributed by atoms with Crippen LogP contribution in [0.1, 0.15) is 35.5 Å². The summed E-state index contributed by atoms with van der Waals surface area (Å²) in [5, 5.41) is 8.04. The molecule has 0 aliphatic carbocycles. The van der Waals surface area contributed by atoms with Crippen molar-refractivity contribution in [3.8, 4) is 0 Å². The fraction of sp³-hybridized carbons (Fsp3) is 0.280. The first-order chi connectivity index (χ1) is 17.1. The summed E-state index contributed by atoms with van der Waals surface area (Å²) < 4.78 is 13.0. The first-order valence-corrected chi connectivity index (χ1v) is 12.7. The van der Waals surface area contributed by atoms with Crippen LogP contribution in [0.5, 0.6) is 0 Å². The molecule has 0 saturated heterocycles. The molecule has 36 heavy (non-hydrogen) atoms. The summed E-state index contributed by atoms with van der Waals surface area (Å²) in [4.78, 5) is 43.6. The second-order valence-corrected chi connectivity index (χ2v) is 10.2. The number of rotatable bonds is 10. The Kier molecular flexibility index (Phi) is 9.81. The van der Waals surface area contributed by atoms with E-state index in [1.54, 1.807) is 23.6 Å². The van der Waals surface area contributed by atoms with Gasteiger partial charge in [-0.05, 0) is 41.8 Å². The third-order valence-electron chi connectivity index (χ3n) is 4.92. The second-order valence-electron chi connectivity index (χ2n) is 8.48. The third-order valence-corrected chi connectivity index (χ3v) is 6.46. The average molecular weight is 551 g/mol. The molecular formula is C25H25Cl2FN4O3S. The summed E-state index contributed by atoms with van der Waals surface area (Å²) in [7, 11) is 0. The maximum Gasteiger partial charge on any atom is 0.254 e. The molecule has 2 aromatic carbocycles. The predicted octanol–water partition coefficient (Wildman–Crippen LogP) is 5.18. The van der Waals surface area contributed by atoms with Crippen molar-refractivity contribution in [2.24, 2.45) is 5.92 Å². The molecule has 0 unspecified atom stereocenters. The predicted molar refractivity (Wildman–Crippen MR) is 140 cm³/mol. The van der Waals surface area contributed by atoms with E-state index in [9.17, 15) is 18.8 Å². The zero-order chi connectivity index (χ0) is 26.2. The Labute approximate surface area is 222 Å². The third kappa shape index (κ3) is 8.29. The Morgan fingerprint density at radius 3 is 2.44 bits per heavy atom. The Bertz CT molecular complexity index is 1230. The number of carbonyl (C=O) groups excluding carboxylic acids is 3. The molecule has 3 aromatic rings. The highest BCUT2D eigenvalue weighted by Crippen LogP contribution is 2.23. The summed E-state index contributed by atoms with van der Waals surface area (Å²) in [6.07, 6.45) is 0.0306. The zero-order valence-electron chi connectivity index (χ0n) is 19.7. The molecule has 0 bridgehead atoms. The van der Waals surface area contributed by atoms with Crippen LogP contribution in [-0.2, 0) is 22.6 Å². The summed E-state index contributed by atoms with van der Waals surface area (Å²) in [6.45, 7) is 4.35. The van der Waals surface area contributed by atoms with Crippen LogP contribution in [-0.4, -0.2) is 40.7 Å². The standard InChI is InChI=1S/C25H25Cl2FN4O3S/c1-15(2)12-32(24(35)17-5-8-20(26)21(27)9-17)13-23(34)31-25-30-19(14-36-25)10-22(33)29-11-16-3-6-18(28)7-4-16/h3-9,14-15H,10-13H2,1-2H3,(H,29,33)(H,30,31,34). The number of thiazole rings is 1. The first-order valence-electron chi connectivity index (χ1n) is 11.1. The highest BCUT2D eigenvalue weighted by molar-refractivity contribution is 7.13. The van der Waals surface area contributed by atoms with Gasteiger partial charge in [0.25, 0.3) is 5.91 Å². The second kappa shape index (κ2) is 12.8. The summed E-state index contributed by atoms with van der Waals surface area (Å²) in [5.74, 6) is -1.21. The number of hydrogen-bond donors (Lipinski definition) is 2. The van der Waals surface area contributed by atoms with Gasteiger partial charge in [0, 0.05) is 24.0 Å². The fourth-order valence-electron chi connectivity index (χ4n) is 3.28. The summed E-state index contributed by atoms with van der Waals surface area (Å²) in [6, 6.07) is 10.4. The largest absolute Gasteiger partial charge is 0.352 e. The number of hydrogen-bond acceptors (Lipinski definition) is 5. The molecule has 0 aliphatic heterocycles. The van der Waals surface area contributed by atoms with Crippen LogP contribution in [0.2, 0.25) is 10.0 Å². The van der Waals surface area contributed by atoms with Crippen molar-refractivity contribution in [2.45, 2.75) is 26.8 Å². The van der Waals surface area contributed by atoms with Crippen LogP contribution < -0.4 is 10.6 Å². The minimum atomic E-state index is -0.411. The molecule has 0 spiro atoms. The van der Waals surface area contributed by atoms with Gasteiger partial charge in [-0.3, -0.25) is 14.4 Å². The van der Waals surface area contributed by atoms with E-state index < -0.39 is 5.91 Å². The summed E-state index contributed by atoms with van der Waals surface area (Å²) in [5.41, 5.74) is 1.61. The number of amides is 3. The van der Waals surface area contributed by atoms with E-state index in [-0.39, 0.29) is 48.1 Å². The van der Waals surface area contributed by atoms with Gasteiger partial charge in [-0.25, -0.2) is 9.37 Å². The lowest BCUT2D eigenvalue weighted by Crippen LogP contribution is -2.40. The molecule has 190 valence electrons. The first kappa shape index (κ1) is 27.6. The van der Waals surface area contributed by atoms with E-state index in [0.717, 1.165) is 5.56 Å². The number of carbonyl (C=O) groups is 3. The SMILES string of the molecule is CC(C)CN(CC(=O)Nc1nc(CC(=O)NCc2ccc(F)cc2)cs1)C(=O)c1ccc(Cl)c(Cl)c1. The van der Waals surface area contributed by atoms with Gasteiger partial charge >= 0.3 is 0 Å². The zero-order valence-corrected chi connectivity index (χ0v) is 22.0. The van der Waals surface area contributed by atoms with Crippen LogP contribution in [0, 0.1) is 11.7 Å². The molecule has 1 heterocycles. The van der Waals surface area contributed by atoms with E-state index in [0.29, 0.717) is 28.0 Å². The average Bonchev–Trinajstić information content (AvgIpc) is 3.25. The molecule has 11 heteroatoms. The highest BCUT2D eigenvalue weighted by Gasteiger charge is 2.21. The minimum absolute atomic E-state index is 0.0306. The molecule has 3 amide bonds. The van der Waals surface area contributed by atoms with E-state index in [1.807, 2.05) is 13.8 Å². The molecule has 0 atom stereocenters. The van der Waals surface area contributed by atoms with Crippen LogP contribution in [0.4, 0.5) is 9.52 Å². The van der Waals surface area contributed by atoms with Gasteiger partial charge in [0.1, 0.15) is 12.4 Å². The van der Waals surface area contributed by atoms with Gasteiger partial charge in [-0.1, -0.05) is 49.2 Å². The van der Waals surface area contributed by atoms with Gasteiger partial charge in [0.2, 0.25) is 11.8 Å². The number of aromatic nitrogens is 1. The summed E-state index contributed by atoms with van der Waals surface area (Å²) >= 11 is 13.2. The number of benzene rings is 2. The van der Waals surface area contributed by atoms with E-state index >= 15 is 0 Å². The van der Waals surface area contributed by atoms with Crippen molar-refractivity contribution in [2.75, 3.05) is 18.4 Å². The topological polar surface area (TPSA) is 91.4 Å². The van der Waals surface area contributed by atoms with Crippen molar-refractivity contribution >= 4 is 57.4 Å². The lowest BCUT2D eigenvalue weighted by Gasteiger charge is -2.24. The molecule has 3 rings (SSSR count). The van der Waals surface area contributed by atoms with E-state index in [4.69, 9.17) is 23.2 Å². The quantitative estimate of drug-likeness (QED) is 0.363. The Morgan fingerprint density at radius 1 is 1.06 bits per heavy atom. The van der Waals surface area contributed by atoms with Crippen LogP contribution in [0.25, 0.3) is 0 Å². The molecule has 7 nitrogen and oxygen atoms in total. The van der Waals surface area contributed by atoms with E-state index in [2.05, 4.69) is 15.6 Å². The van der Waals surface area contributed by atoms with Crippen molar-refractivity contribution in [1.82, 2.24) is 15.2 Å². The smallest absolute Gasteiger partial charge is 0.254 e. The molecule has 0 saturated carbocycles. The van der Waals surface area contributed by atoms with Crippen LogP contribution in [0.15, 0.2) is 47.8 Å². The van der Waals surface area contributed by atoms with Crippen molar-refractivity contribution in [3.05, 3.63) is 80.5 Å². The van der Waals surface area contributed by atoms with Crippen molar-refractivity contribution in [1.29, 1.82) is 0 Å². The molecule has 0 fully saturated rings. The monoisotopic (exact) mass is 550 g/mol. The Hall–Kier alpha value is -3.01.